The molecule has 0 amide bonds. The Morgan fingerprint density at radius 3 is 2.65 bits per heavy atom. The third-order valence-corrected chi connectivity index (χ3v) is 9.65. The molecule has 2 aliphatic carbocycles. The van der Waals surface area contributed by atoms with Crippen molar-refractivity contribution in [2.75, 3.05) is 27.8 Å². The normalized spacial score (nSPS) is 27.3. The lowest BCUT2D eigenvalue weighted by Gasteiger charge is -2.62. The molecule has 1 aromatic heterocycles. The predicted molar refractivity (Wildman–Crippen MR) is 144 cm³/mol. The number of nitrogens with zero attached hydrogens (tertiary/aromatic N) is 3. The molecule has 1 fully saturated rings. The Hall–Kier alpha value is -4.02. The highest BCUT2D eigenvalue weighted by molar-refractivity contribution is 5.99. The van der Waals surface area contributed by atoms with Gasteiger partial charge in [-0.05, 0) is 68.2 Å². The van der Waals surface area contributed by atoms with Crippen LogP contribution < -0.4 is 9.47 Å². The molecule has 2 bridgehead atoms. The fourth-order valence-electron chi connectivity index (χ4n) is 7.92. The molecule has 40 heavy (non-hydrogen) atoms. The van der Waals surface area contributed by atoms with Crippen molar-refractivity contribution < 1.29 is 29.0 Å². The minimum absolute atomic E-state index is 0.0572. The minimum Gasteiger partial charge on any atom is -0.493 e. The van der Waals surface area contributed by atoms with Crippen LogP contribution in [0.25, 0.3) is 11.1 Å². The number of piperidine rings is 1. The average Bonchev–Trinajstić information content (AvgIpc) is 3.30. The molecule has 3 aromatic rings. The van der Waals surface area contributed by atoms with Crippen molar-refractivity contribution in [3.63, 3.8) is 0 Å². The molecule has 206 valence electrons. The first-order valence-electron chi connectivity index (χ1n) is 13.3. The number of rotatable bonds is 4. The molecule has 10 nitrogen and oxygen atoms in total. The molecule has 0 radical (unpaired) electrons. The number of carbonyl (C=O) groups is 1. The quantitative estimate of drug-likeness (QED) is 0.298. The Labute approximate surface area is 230 Å². The Morgan fingerprint density at radius 2 is 1.98 bits per heavy atom. The topological polar surface area (TPSA) is 124 Å². The number of ether oxygens (including phenoxy) is 3. The monoisotopic (exact) mass is 543 g/mol. The first-order chi connectivity index (χ1) is 19.2. The van der Waals surface area contributed by atoms with Gasteiger partial charge in [-0.15, -0.1) is 0 Å². The summed E-state index contributed by atoms with van der Waals surface area (Å²) in [5.41, 5.74) is 3.38. The zero-order valence-corrected chi connectivity index (χ0v) is 22.7. The third-order valence-electron chi connectivity index (χ3n) is 9.65. The number of non-ortho nitro benzene ring substituents is 1. The summed E-state index contributed by atoms with van der Waals surface area (Å²) in [4.78, 5) is 31.3. The number of benzene rings is 2. The van der Waals surface area contributed by atoms with Gasteiger partial charge in [0.25, 0.3) is 5.69 Å². The average molecular weight is 544 g/mol. The molecule has 10 heteroatoms. The Balaban J connectivity index is 1.55. The van der Waals surface area contributed by atoms with Gasteiger partial charge in [0.05, 0.1) is 47.1 Å². The van der Waals surface area contributed by atoms with E-state index in [1.165, 1.54) is 19.2 Å². The molecule has 4 aliphatic rings. The number of carbonyl (C=O) groups excluding carboxylic acids is 1. The van der Waals surface area contributed by atoms with Crippen LogP contribution in [0.4, 0.5) is 5.69 Å². The summed E-state index contributed by atoms with van der Waals surface area (Å²) in [5, 5.41) is 24.3. The lowest BCUT2D eigenvalue weighted by Crippen LogP contribution is -2.74. The highest BCUT2D eigenvalue weighted by Crippen LogP contribution is 2.69. The number of fused-ring (bicyclic) bond motifs is 2. The molecule has 1 spiro atoms. The van der Waals surface area contributed by atoms with E-state index in [9.17, 15) is 20.0 Å². The van der Waals surface area contributed by atoms with E-state index in [1.54, 1.807) is 26.2 Å². The van der Waals surface area contributed by atoms with Gasteiger partial charge in [-0.3, -0.25) is 15.1 Å². The summed E-state index contributed by atoms with van der Waals surface area (Å²) >= 11 is 0. The van der Waals surface area contributed by atoms with E-state index >= 15 is 0 Å². The Bertz CT molecular complexity index is 1620. The molecule has 1 N–H and O–H groups in total. The lowest BCUT2D eigenvalue weighted by atomic mass is 9.48. The first-order valence-corrected chi connectivity index (χ1v) is 13.3. The number of nitro benzene ring substituents is 1. The van der Waals surface area contributed by atoms with Gasteiger partial charge < -0.3 is 24.2 Å². The summed E-state index contributed by atoms with van der Waals surface area (Å²) in [5.74, 6) is 0.698. The van der Waals surface area contributed by atoms with E-state index in [2.05, 4.69) is 11.0 Å². The highest BCUT2D eigenvalue weighted by Gasteiger charge is 2.72. The Morgan fingerprint density at radius 1 is 1.23 bits per heavy atom. The number of aliphatic hydroxyl groups is 1. The highest BCUT2D eigenvalue weighted by atomic mass is 16.6. The number of aromatic nitrogens is 1. The van der Waals surface area contributed by atoms with Crippen LogP contribution in [0.2, 0.25) is 0 Å². The van der Waals surface area contributed by atoms with E-state index in [0.717, 1.165) is 17.7 Å². The summed E-state index contributed by atoms with van der Waals surface area (Å²) in [7, 11) is 4.96. The second kappa shape index (κ2) is 8.25. The minimum atomic E-state index is -1.23. The molecular formula is C30H29N3O7. The molecule has 4 unspecified atom stereocenters. The van der Waals surface area contributed by atoms with Gasteiger partial charge >= 0.3 is 5.97 Å². The van der Waals surface area contributed by atoms with Crippen molar-refractivity contribution in [3.8, 4) is 22.6 Å². The molecular weight excluding hydrogens is 514 g/mol. The number of nitro groups is 1. The maximum Gasteiger partial charge on any atom is 0.340 e. The largest absolute Gasteiger partial charge is 0.493 e. The van der Waals surface area contributed by atoms with Crippen molar-refractivity contribution in [2.45, 2.75) is 49.3 Å². The van der Waals surface area contributed by atoms with Crippen LogP contribution in [0.1, 0.15) is 51.0 Å². The van der Waals surface area contributed by atoms with Gasteiger partial charge in [0.2, 0.25) is 0 Å². The van der Waals surface area contributed by atoms with Gasteiger partial charge in [-0.2, -0.15) is 0 Å². The number of aryl methyl sites for hydroxylation is 1. The van der Waals surface area contributed by atoms with Gasteiger partial charge in [0.1, 0.15) is 0 Å². The number of hydrogen-bond acceptors (Lipinski definition) is 9. The number of methoxy groups -OCH3 is 2. The molecule has 7 rings (SSSR count). The fraction of sp³-hybridized carbons (Fsp3) is 0.400. The molecule has 3 heterocycles. The van der Waals surface area contributed by atoms with E-state index < -0.39 is 28.0 Å². The van der Waals surface area contributed by atoms with E-state index in [-0.39, 0.29) is 23.7 Å². The summed E-state index contributed by atoms with van der Waals surface area (Å²) in [6.45, 7) is 2.54. The fourth-order valence-corrected chi connectivity index (χ4v) is 7.92. The zero-order valence-electron chi connectivity index (χ0n) is 22.7. The summed E-state index contributed by atoms with van der Waals surface area (Å²) in [6.07, 6.45) is 0.935. The SMILES string of the molecule is COC(=O)c1c(C)nc2c(c1-c1ccc([N+](=O)[O-])cc1)CC1(O)C3Cc4ccc(OC)c5c4C1(CCN3C)C2O5. The summed E-state index contributed by atoms with van der Waals surface area (Å²) in [6, 6.07) is 9.90. The van der Waals surface area contributed by atoms with Gasteiger partial charge in [0.15, 0.2) is 17.6 Å². The number of likely N-dealkylation sites (N-methyl/N-ethyl adjacent to an activating group) is 1. The Kier molecular flexibility index (Phi) is 5.15. The third kappa shape index (κ3) is 2.90. The van der Waals surface area contributed by atoms with Crippen LogP contribution in [0, 0.1) is 17.0 Å². The molecule has 2 aromatic carbocycles. The van der Waals surface area contributed by atoms with Gasteiger partial charge in [-0.25, -0.2) is 4.79 Å². The standard InChI is InChI=1S/C30H29N3O7/c1-15-22(28(34)39-4)23(16-5-8-18(9-6-16)33(36)37)19-14-30(35)21-13-17-7-10-20(38-3)26-24(17)29(30,11-12-32(21)2)27(40-26)25(19)31-15/h5-10,21,27,35H,11-14H2,1-4H3. The number of hydrogen-bond donors (Lipinski definition) is 1. The molecule has 1 saturated heterocycles. The predicted octanol–water partition coefficient (Wildman–Crippen LogP) is 3.68. The van der Waals surface area contributed by atoms with Crippen LogP contribution in [-0.4, -0.2) is 65.3 Å². The summed E-state index contributed by atoms with van der Waals surface area (Å²) < 4.78 is 17.7. The second-order valence-electron chi connectivity index (χ2n) is 11.3. The van der Waals surface area contributed by atoms with Gasteiger partial charge in [-0.1, -0.05) is 6.07 Å². The van der Waals surface area contributed by atoms with Gasteiger partial charge in [0, 0.05) is 35.7 Å². The van der Waals surface area contributed by atoms with Crippen LogP contribution in [0.3, 0.4) is 0 Å². The molecule has 4 atom stereocenters. The smallest absolute Gasteiger partial charge is 0.340 e. The molecule has 2 aliphatic heterocycles. The van der Waals surface area contributed by atoms with Crippen molar-refractivity contribution in [3.05, 3.63) is 80.2 Å². The van der Waals surface area contributed by atoms with Crippen molar-refractivity contribution in [2.24, 2.45) is 0 Å². The maximum absolute atomic E-state index is 13.2. The number of pyridine rings is 1. The van der Waals surface area contributed by atoms with E-state index in [4.69, 9.17) is 19.2 Å². The number of likely N-dealkylation sites (tertiary alicyclic amines) is 1. The van der Waals surface area contributed by atoms with E-state index in [1.807, 2.05) is 13.1 Å². The first kappa shape index (κ1) is 25.0. The van der Waals surface area contributed by atoms with E-state index in [0.29, 0.717) is 52.4 Å². The number of esters is 1. The molecule has 0 saturated carbocycles. The maximum atomic E-state index is 13.2. The van der Waals surface area contributed by atoms with Crippen molar-refractivity contribution >= 4 is 11.7 Å². The lowest BCUT2D eigenvalue weighted by molar-refractivity contribution is -0.384. The van der Waals surface area contributed by atoms with Crippen LogP contribution >= 0.6 is 0 Å². The zero-order chi connectivity index (χ0) is 28.1. The second-order valence-corrected chi connectivity index (χ2v) is 11.3. The van der Waals surface area contributed by atoms with Crippen LogP contribution in [0.15, 0.2) is 36.4 Å². The van der Waals surface area contributed by atoms with Crippen molar-refractivity contribution in [1.29, 1.82) is 0 Å². The van der Waals surface area contributed by atoms with Crippen LogP contribution in [-0.2, 0) is 23.0 Å². The van der Waals surface area contributed by atoms with Crippen molar-refractivity contribution in [1.82, 2.24) is 9.88 Å². The van der Waals surface area contributed by atoms with Crippen LogP contribution in [0.5, 0.6) is 11.5 Å².